The van der Waals surface area contributed by atoms with E-state index >= 15 is 0 Å². The molecule has 0 aliphatic carbocycles. The molecule has 8 nitrogen and oxygen atoms in total. The second-order valence-corrected chi connectivity index (χ2v) is 9.51. The van der Waals surface area contributed by atoms with Crippen molar-refractivity contribution in [2.24, 2.45) is 5.92 Å². The third kappa shape index (κ3) is 5.32. The lowest BCUT2D eigenvalue weighted by molar-refractivity contribution is 0.201. The number of urea groups is 1. The van der Waals surface area contributed by atoms with Gasteiger partial charge >= 0.3 is 6.03 Å². The summed E-state index contributed by atoms with van der Waals surface area (Å²) >= 11 is 0. The molecule has 2 amide bonds. The fourth-order valence-corrected chi connectivity index (χ4v) is 4.46. The highest BCUT2D eigenvalue weighted by Gasteiger charge is 2.25. The van der Waals surface area contributed by atoms with Crippen molar-refractivity contribution in [3.8, 4) is 5.69 Å². The Balaban J connectivity index is 1.67. The zero-order valence-electron chi connectivity index (χ0n) is 20.9. The largest absolute Gasteiger partial charge is 0.354 e. The predicted molar refractivity (Wildman–Crippen MR) is 137 cm³/mol. The Bertz CT molecular complexity index is 1110. The van der Waals surface area contributed by atoms with Gasteiger partial charge in [-0.3, -0.25) is 0 Å². The van der Waals surface area contributed by atoms with Gasteiger partial charge in [0.1, 0.15) is 11.6 Å². The lowest BCUT2D eigenvalue weighted by Crippen LogP contribution is -2.42. The smallest absolute Gasteiger partial charge is 0.317 e. The predicted octanol–water partition coefficient (Wildman–Crippen LogP) is 4.34. The van der Waals surface area contributed by atoms with Crippen LogP contribution in [0, 0.1) is 12.8 Å². The summed E-state index contributed by atoms with van der Waals surface area (Å²) in [5.74, 6) is 2.23. The first-order valence-corrected chi connectivity index (χ1v) is 12.6. The number of carbonyl (C=O) groups is 1. The number of aryl methyl sites for hydroxylation is 1. The molecule has 1 aromatic carbocycles. The SMILES string of the molecule is CCCCNC(=O)N1CCCN(c2nc(CC(C)C)nc3c2c(C)nn3-c2ccccc2)CC1. The molecule has 0 saturated carbocycles. The number of amides is 2. The lowest BCUT2D eigenvalue weighted by Gasteiger charge is -2.24. The molecule has 2 aromatic heterocycles. The molecule has 3 aromatic rings. The third-order valence-electron chi connectivity index (χ3n) is 6.21. The second kappa shape index (κ2) is 10.8. The van der Waals surface area contributed by atoms with Crippen molar-refractivity contribution in [3.63, 3.8) is 0 Å². The van der Waals surface area contributed by atoms with Gasteiger partial charge in [-0.05, 0) is 37.8 Å². The Morgan fingerprint density at radius 3 is 2.62 bits per heavy atom. The monoisotopic (exact) mass is 463 g/mol. The van der Waals surface area contributed by atoms with Crippen LogP contribution >= 0.6 is 0 Å². The highest BCUT2D eigenvalue weighted by atomic mass is 16.2. The molecule has 1 aliphatic heterocycles. The molecule has 8 heteroatoms. The summed E-state index contributed by atoms with van der Waals surface area (Å²) in [7, 11) is 0. The van der Waals surface area contributed by atoms with Crippen molar-refractivity contribution < 1.29 is 4.79 Å². The van der Waals surface area contributed by atoms with Gasteiger partial charge in [0, 0.05) is 39.1 Å². The molecule has 0 unspecified atom stereocenters. The zero-order chi connectivity index (χ0) is 24.1. The van der Waals surface area contributed by atoms with Crippen molar-refractivity contribution in [3.05, 3.63) is 41.9 Å². The van der Waals surface area contributed by atoms with Gasteiger partial charge in [0.25, 0.3) is 0 Å². The van der Waals surface area contributed by atoms with Crippen LogP contribution < -0.4 is 10.2 Å². The van der Waals surface area contributed by atoms with E-state index in [1.165, 1.54) is 0 Å². The third-order valence-corrected chi connectivity index (χ3v) is 6.21. The number of nitrogens with zero attached hydrogens (tertiary/aromatic N) is 6. The average molecular weight is 464 g/mol. The van der Waals surface area contributed by atoms with Gasteiger partial charge in [-0.1, -0.05) is 45.4 Å². The Kier molecular flexibility index (Phi) is 7.65. The topological polar surface area (TPSA) is 79.2 Å². The van der Waals surface area contributed by atoms with Crippen molar-refractivity contribution in [2.75, 3.05) is 37.6 Å². The van der Waals surface area contributed by atoms with Crippen LogP contribution in [-0.2, 0) is 6.42 Å². The minimum atomic E-state index is 0.0386. The van der Waals surface area contributed by atoms with Gasteiger partial charge < -0.3 is 15.1 Å². The van der Waals surface area contributed by atoms with E-state index < -0.39 is 0 Å². The summed E-state index contributed by atoms with van der Waals surface area (Å²) in [5, 5.41) is 8.91. The van der Waals surface area contributed by atoms with Gasteiger partial charge in [0.2, 0.25) is 0 Å². The van der Waals surface area contributed by atoms with Crippen LogP contribution in [0.3, 0.4) is 0 Å². The molecule has 1 saturated heterocycles. The maximum Gasteiger partial charge on any atom is 0.317 e. The van der Waals surface area contributed by atoms with Crippen LogP contribution in [0.15, 0.2) is 30.3 Å². The molecule has 1 N–H and O–H groups in total. The van der Waals surface area contributed by atoms with Crippen LogP contribution in [0.4, 0.5) is 10.6 Å². The number of hydrogen-bond donors (Lipinski definition) is 1. The van der Waals surface area contributed by atoms with E-state index in [1.54, 1.807) is 0 Å². The van der Waals surface area contributed by atoms with Crippen LogP contribution in [0.5, 0.6) is 0 Å². The molecule has 0 spiro atoms. The minimum Gasteiger partial charge on any atom is -0.354 e. The molecule has 0 bridgehead atoms. The summed E-state index contributed by atoms with van der Waals surface area (Å²) in [6.07, 6.45) is 3.79. The second-order valence-electron chi connectivity index (χ2n) is 9.51. The first-order chi connectivity index (χ1) is 16.5. The van der Waals surface area contributed by atoms with Crippen molar-refractivity contribution in [1.82, 2.24) is 30.0 Å². The fraction of sp³-hybridized carbons (Fsp3) is 0.538. The molecular formula is C26H37N7O. The molecule has 0 radical (unpaired) electrons. The molecule has 0 atom stereocenters. The number of nitrogens with one attached hydrogen (secondary N) is 1. The molecular weight excluding hydrogens is 426 g/mol. The van der Waals surface area contributed by atoms with E-state index in [2.05, 4.69) is 43.1 Å². The van der Waals surface area contributed by atoms with Gasteiger partial charge in [0.15, 0.2) is 5.65 Å². The fourth-order valence-electron chi connectivity index (χ4n) is 4.46. The van der Waals surface area contributed by atoms with Crippen LogP contribution in [0.25, 0.3) is 16.7 Å². The Hall–Kier alpha value is -3.16. The summed E-state index contributed by atoms with van der Waals surface area (Å²) in [6.45, 7) is 12.3. The van der Waals surface area contributed by atoms with Crippen molar-refractivity contribution in [2.45, 2.75) is 53.4 Å². The molecule has 1 fully saturated rings. The van der Waals surface area contributed by atoms with E-state index in [-0.39, 0.29) is 6.03 Å². The number of hydrogen-bond acceptors (Lipinski definition) is 5. The maximum absolute atomic E-state index is 12.6. The average Bonchev–Trinajstić information content (AvgIpc) is 2.99. The summed E-state index contributed by atoms with van der Waals surface area (Å²) in [6, 6.07) is 10.2. The van der Waals surface area contributed by atoms with E-state index in [4.69, 9.17) is 15.1 Å². The van der Waals surface area contributed by atoms with Crippen molar-refractivity contribution in [1.29, 1.82) is 0 Å². The Morgan fingerprint density at radius 1 is 1.09 bits per heavy atom. The van der Waals surface area contributed by atoms with Gasteiger partial charge in [-0.2, -0.15) is 5.10 Å². The molecule has 1 aliphatic rings. The molecule has 4 rings (SSSR count). The van der Waals surface area contributed by atoms with Crippen LogP contribution in [-0.4, -0.2) is 63.4 Å². The molecule has 34 heavy (non-hydrogen) atoms. The number of aromatic nitrogens is 4. The number of rotatable bonds is 7. The van der Waals surface area contributed by atoms with Crippen LogP contribution in [0.1, 0.15) is 51.6 Å². The zero-order valence-corrected chi connectivity index (χ0v) is 20.9. The summed E-state index contributed by atoms with van der Waals surface area (Å²) in [5.41, 5.74) is 2.76. The van der Waals surface area contributed by atoms with Gasteiger partial charge in [0.05, 0.1) is 16.8 Å². The number of unbranched alkanes of at least 4 members (excludes halogenated alkanes) is 1. The summed E-state index contributed by atoms with van der Waals surface area (Å²) in [4.78, 5) is 26.9. The maximum atomic E-state index is 12.6. The molecule has 182 valence electrons. The quantitative estimate of drug-likeness (QED) is 0.527. The van der Waals surface area contributed by atoms with Crippen molar-refractivity contribution >= 4 is 22.9 Å². The Labute approximate surface area is 202 Å². The number of carbonyl (C=O) groups excluding carboxylic acids is 1. The standard InChI is InChI=1S/C26H37N7O/c1-5-6-13-27-26(34)32-15-10-14-31(16-17-32)24-23-20(4)30-33(21-11-8-7-9-12-21)25(23)29-22(28-24)18-19(2)3/h7-9,11-12,19H,5-6,10,13-18H2,1-4H3,(H,27,34). The lowest BCUT2D eigenvalue weighted by atomic mass is 10.1. The normalized spacial score (nSPS) is 14.6. The Morgan fingerprint density at radius 2 is 1.88 bits per heavy atom. The van der Waals surface area contributed by atoms with E-state index in [0.29, 0.717) is 12.5 Å². The molecule has 3 heterocycles. The summed E-state index contributed by atoms with van der Waals surface area (Å²) < 4.78 is 1.94. The van der Waals surface area contributed by atoms with Gasteiger partial charge in [-0.25, -0.2) is 19.4 Å². The number of benzene rings is 1. The highest BCUT2D eigenvalue weighted by Crippen LogP contribution is 2.30. The first-order valence-electron chi connectivity index (χ1n) is 12.6. The van der Waals surface area contributed by atoms with Crippen LogP contribution in [0.2, 0.25) is 0 Å². The highest BCUT2D eigenvalue weighted by molar-refractivity contribution is 5.91. The van der Waals surface area contributed by atoms with E-state index in [1.807, 2.05) is 34.7 Å². The number of para-hydroxylation sites is 1. The number of anilines is 1. The van der Waals surface area contributed by atoms with E-state index in [9.17, 15) is 4.79 Å². The van der Waals surface area contributed by atoms with E-state index in [0.717, 1.165) is 85.9 Å². The number of fused-ring (bicyclic) bond motifs is 1. The minimum absolute atomic E-state index is 0.0386. The first kappa shape index (κ1) is 24.0. The van der Waals surface area contributed by atoms with Gasteiger partial charge in [-0.15, -0.1) is 0 Å².